The SMILES string of the molecule is CC(CO)(CO)NCc1ccc2c(c1)NC(=O)CO2. The molecule has 4 N–H and O–H groups in total. The lowest BCUT2D eigenvalue weighted by atomic mass is 10.0. The molecule has 0 saturated heterocycles. The molecule has 0 radical (unpaired) electrons. The van der Waals surface area contributed by atoms with Gasteiger partial charge in [0.15, 0.2) is 6.61 Å². The van der Waals surface area contributed by atoms with Gasteiger partial charge >= 0.3 is 0 Å². The number of benzene rings is 1. The van der Waals surface area contributed by atoms with Crippen LogP contribution in [-0.4, -0.2) is 41.5 Å². The summed E-state index contributed by atoms with van der Waals surface area (Å²) >= 11 is 0. The van der Waals surface area contributed by atoms with Gasteiger partial charge in [0.2, 0.25) is 0 Å². The van der Waals surface area contributed by atoms with Gasteiger partial charge in [-0.25, -0.2) is 0 Å². The van der Waals surface area contributed by atoms with E-state index in [1.54, 1.807) is 13.0 Å². The number of aliphatic hydroxyl groups excluding tert-OH is 2. The van der Waals surface area contributed by atoms with Crippen LogP contribution in [0.1, 0.15) is 12.5 Å². The van der Waals surface area contributed by atoms with E-state index in [0.29, 0.717) is 18.0 Å². The fourth-order valence-corrected chi connectivity index (χ4v) is 1.72. The van der Waals surface area contributed by atoms with Crippen molar-refractivity contribution in [2.75, 3.05) is 25.1 Å². The van der Waals surface area contributed by atoms with Crippen LogP contribution < -0.4 is 15.4 Å². The van der Waals surface area contributed by atoms with Gasteiger partial charge in [-0.05, 0) is 24.6 Å². The molecule has 0 atom stereocenters. The summed E-state index contributed by atoms with van der Waals surface area (Å²) in [5, 5.41) is 24.2. The second-order valence-electron chi connectivity index (χ2n) is 4.90. The summed E-state index contributed by atoms with van der Waals surface area (Å²) in [6.07, 6.45) is 0. The molecule has 1 aromatic carbocycles. The van der Waals surface area contributed by atoms with Crippen LogP contribution in [0.15, 0.2) is 18.2 Å². The molecule has 1 aliphatic rings. The minimum absolute atomic E-state index is 0.0394. The Hall–Kier alpha value is -1.63. The van der Waals surface area contributed by atoms with Gasteiger partial charge in [-0.15, -0.1) is 0 Å². The van der Waals surface area contributed by atoms with Crippen LogP contribution in [0.3, 0.4) is 0 Å². The summed E-state index contributed by atoms with van der Waals surface area (Å²) in [5.74, 6) is 0.476. The molecule has 1 aliphatic heterocycles. The molecule has 0 bridgehead atoms. The van der Waals surface area contributed by atoms with E-state index in [9.17, 15) is 15.0 Å². The van der Waals surface area contributed by atoms with Crippen molar-refractivity contribution in [3.8, 4) is 5.75 Å². The molecular weight excluding hydrogens is 248 g/mol. The highest BCUT2D eigenvalue weighted by Crippen LogP contribution is 2.28. The predicted octanol–water partition coefficient (Wildman–Crippen LogP) is -0.150. The van der Waals surface area contributed by atoms with Gasteiger partial charge in [0.25, 0.3) is 5.91 Å². The monoisotopic (exact) mass is 266 g/mol. The summed E-state index contributed by atoms with van der Waals surface area (Å²) in [7, 11) is 0. The van der Waals surface area contributed by atoms with E-state index in [2.05, 4.69) is 10.6 Å². The Kier molecular flexibility index (Phi) is 4.04. The normalized spacial score (nSPS) is 14.6. The van der Waals surface area contributed by atoms with E-state index in [-0.39, 0.29) is 25.7 Å². The summed E-state index contributed by atoms with van der Waals surface area (Å²) in [6.45, 7) is 1.93. The molecule has 0 aromatic heterocycles. The molecule has 2 rings (SSSR count). The van der Waals surface area contributed by atoms with Crippen molar-refractivity contribution >= 4 is 11.6 Å². The van der Waals surface area contributed by atoms with Crippen LogP contribution in [0.5, 0.6) is 5.75 Å². The number of carbonyl (C=O) groups is 1. The van der Waals surface area contributed by atoms with Gasteiger partial charge in [0.1, 0.15) is 5.75 Å². The molecule has 0 fully saturated rings. The molecule has 19 heavy (non-hydrogen) atoms. The molecule has 1 aromatic rings. The van der Waals surface area contributed by atoms with E-state index in [1.807, 2.05) is 12.1 Å². The van der Waals surface area contributed by atoms with Crippen LogP contribution >= 0.6 is 0 Å². The zero-order valence-electron chi connectivity index (χ0n) is 10.8. The van der Waals surface area contributed by atoms with Gasteiger partial charge in [0.05, 0.1) is 24.4 Å². The van der Waals surface area contributed by atoms with Crippen molar-refractivity contribution in [1.82, 2.24) is 5.32 Å². The van der Waals surface area contributed by atoms with E-state index in [0.717, 1.165) is 5.56 Å². The smallest absolute Gasteiger partial charge is 0.262 e. The number of rotatable bonds is 5. The van der Waals surface area contributed by atoms with Gasteiger partial charge in [-0.3, -0.25) is 4.79 Å². The fourth-order valence-electron chi connectivity index (χ4n) is 1.72. The molecular formula is C13H18N2O4. The topological polar surface area (TPSA) is 90.8 Å². The molecule has 0 aliphatic carbocycles. The quantitative estimate of drug-likeness (QED) is 0.595. The summed E-state index contributed by atoms with van der Waals surface area (Å²) in [6, 6.07) is 5.48. The van der Waals surface area contributed by atoms with Crippen LogP contribution in [0.25, 0.3) is 0 Å². The van der Waals surface area contributed by atoms with E-state index in [1.165, 1.54) is 0 Å². The molecule has 104 valence electrons. The Morgan fingerprint density at radius 2 is 2.16 bits per heavy atom. The van der Waals surface area contributed by atoms with Crippen molar-refractivity contribution in [3.63, 3.8) is 0 Å². The van der Waals surface area contributed by atoms with Crippen LogP contribution in [0, 0.1) is 0 Å². The lowest BCUT2D eigenvalue weighted by Crippen LogP contribution is -2.48. The van der Waals surface area contributed by atoms with Crippen LogP contribution in [-0.2, 0) is 11.3 Å². The molecule has 6 nitrogen and oxygen atoms in total. The Balaban J connectivity index is 2.06. The minimum Gasteiger partial charge on any atom is -0.482 e. The molecule has 1 amide bonds. The third kappa shape index (κ3) is 3.23. The Morgan fingerprint density at radius 3 is 2.84 bits per heavy atom. The van der Waals surface area contributed by atoms with Gasteiger partial charge < -0.3 is 25.6 Å². The number of aliphatic hydroxyl groups is 2. The predicted molar refractivity (Wildman–Crippen MR) is 70.0 cm³/mol. The Bertz CT molecular complexity index is 472. The van der Waals surface area contributed by atoms with Gasteiger partial charge in [-0.1, -0.05) is 6.07 Å². The summed E-state index contributed by atoms with van der Waals surface area (Å²) < 4.78 is 5.27. The Labute approximate surface area is 111 Å². The first-order valence-electron chi connectivity index (χ1n) is 6.09. The van der Waals surface area contributed by atoms with Crippen molar-refractivity contribution < 1.29 is 19.7 Å². The first-order chi connectivity index (χ1) is 9.06. The number of ether oxygens (including phenoxy) is 1. The second-order valence-corrected chi connectivity index (χ2v) is 4.90. The maximum atomic E-state index is 11.2. The number of hydrogen-bond donors (Lipinski definition) is 4. The first-order valence-corrected chi connectivity index (χ1v) is 6.09. The maximum Gasteiger partial charge on any atom is 0.262 e. The first kappa shape index (κ1) is 13.8. The summed E-state index contributed by atoms with van der Waals surface area (Å²) in [4.78, 5) is 11.2. The van der Waals surface area contributed by atoms with E-state index < -0.39 is 5.54 Å². The number of hydrogen-bond acceptors (Lipinski definition) is 5. The highest BCUT2D eigenvalue weighted by molar-refractivity contribution is 5.95. The zero-order chi connectivity index (χ0) is 13.9. The van der Waals surface area contributed by atoms with Crippen LogP contribution in [0.2, 0.25) is 0 Å². The fraction of sp³-hybridized carbons (Fsp3) is 0.462. The third-order valence-corrected chi connectivity index (χ3v) is 3.09. The molecule has 0 saturated carbocycles. The average molecular weight is 266 g/mol. The highest BCUT2D eigenvalue weighted by atomic mass is 16.5. The largest absolute Gasteiger partial charge is 0.482 e. The highest BCUT2D eigenvalue weighted by Gasteiger charge is 2.22. The van der Waals surface area contributed by atoms with Crippen molar-refractivity contribution in [3.05, 3.63) is 23.8 Å². The number of nitrogens with one attached hydrogen (secondary N) is 2. The lowest BCUT2D eigenvalue weighted by molar-refractivity contribution is -0.118. The standard InChI is InChI=1S/C13H18N2O4/c1-13(7-16,8-17)14-5-9-2-3-11-10(4-9)15-12(18)6-19-11/h2-4,14,16-17H,5-8H2,1H3,(H,15,18). The van der Waals surface area contributed by atoms with Crippen LogP contribution in [0.4, 0.5) is 5.69 Å². The van der Waals surface area contributed by atoms with E-state index in [4.69, 9.17) is 4.74 Å². The second kappa shape index (κ2) is 5.56. The molecule has 1 heterocycles. The van der Waals surface area contributed by atoms with Gasteiger partial charge in [0, 0.05) is 6.54 Å². The molecule has 0 spiro atoms. The Morgan fingerprint density at radius 1 is 1.42 bits per heavy atom. The number of amides is 1. The van der Waals surface area contributed by atoms with Crippen molar-refractivity contribution in [1.29, 1.82) is 0 Å². The number of anilines is 1. The number of fused-ring (bicyclic) bond motifs is 1. The van der Waals surface area contributed by atoms with Crippen molar-refractivity contribution in [2.24, 2.45) is 0 Å². The zero-order valence-corrected chi connectivity index (χ0v) is 10.8. The molecule has 6 heteroatoms. The summed E-state index contributed by atoms with van der Waals surface area (Å²) in [5.41, 5.74) is 0.846. The van der Waals surface area contributed by atoms with Crippen molar-refractivity contribution in [2.45, 2.75) is 19.0 Å². The minimum atomic E-state index is -0.727. The molecule has 0 unspecified atom stereocenters. The lowest BCUT2D eigenvalue weighted by Gasteiger charge is -2.26. The van der Waals surface area contributed by atoms with E-state index >= 15 is 0 Å². The number of carbonyl (C=O) groups excluding carboxylic acids is 1. The van der Waals surface area contributed by atoms with Gasteiger partial charge in [-0.2, -0.15) is 0 Å². The third-order valence-electron chi connectivity index (χ3n) is 3.09. The average Bonchev–Trinajstić information content (AvgIpc) is 2.44. The maximum absolute atomic E-state index is 11.2.